The number of hydrogen-bond donors (Lipinski definition) is 0. The standard InChI is InChI=1S/C25H26S3/c1-3-4-5-6-7-8-9-17-11-13-19-21(15-17)27-25-23(19)28-22-18-12-10-16(2)14-20(18)26-24(22)25/h10-15H,3-9H2,1-2H3. The molecule has 0 bridgehead atoms. The number of aryl methyl sites for hydroxylation is 2. The third kappa shape index (κ3) is 3.28. The number of thiophene rings is 3. The molecule has 0 amide bonds. The van der Waals surface area contributed by atoms with Crippen LogP contribution in [0.4, 0.5) is 0 Å². The van der Waals surface area contributed by atoms with Crippen molar-refractivity contribution in [1.29, 1.82) is 0 Å². The van der Waals surface area contributed by atoms with Gasteiger partial charge in [-0.3, -0.25) is 0 Å². The van der Waals surface area contributed by atoms with Crippen LogP contribution in [0, 0.1) is 6.92 Å². The lowest BCUT2D eigenvalue weighted by atomic mass is 10.0. The van der Waals surface area contributed by atoms with E-state index in [-0.39, 0.29) is 0 Å². The topological polar surface area (TPSA) is 0 Å². The number of fused-ring (bicyclic) bond motifs is 7. The third-order valence-corrected chi connectivity index (χ3v) is 9.72. The van der Waals surface area contributed by atoms with Crippen molar-refractivity contribution in [2.45, 2.75) is 58.8 Å². The van der Waals surface area contributed by atoms with Gasteiger partial charge in [-0.2, -0.15) is 0 Å². The van der Waals surface area contributed by atoms with Gasteiger partial charge in [0, 0.05) is 20.2 Å². The Kier molecular flexibility index (Phi) is 5.17. The average molecular weight is 423 g/mol. The molecule has 3 heterocycles. The van der Waals surface area contributed by atoms with Gasteiger partial charge in [0.25, 0.3) is 0 Å². The number of hydrogen-bond acceptors (Lipinski definition) is 3. The molecule has 3 heteroatoms. The summed E-state index contributed by atoms with van der Waals surface area (Å²) >= 11 is 5.97. The van der Waals surface area contributed by atoms with Crippen LogP contribution in [0.5, 0.6) is 0 Å². The molecule has 0 fully saturated rings. The van der Waals surface area contributed by atoms with Crippen LogP contribution < -0.4 is 0 Å². The van der Waals surface area contributed by atoms with E-state index < -0.39 is 0 Å². The highest BCUT2D eigenvalue weighted by atomic mass is 32.1. The minimum absolute atomic E-state index is 1.23. The molecule has 0 radical (unpaired) electrons. The van der Waals surface area contributed by atoms with Crippen molar-refractivity contribution in [3.63, 3.8) is 0 Å². The van der Waals surface area contributed by atoms with Crippen molar-refractivity contribution < 1.29 is 0 Å². The first kappa shape index (κ1) is 18.6. The smallest absolute Gasteiger partial charge is 0.0642 e. The van der Waals surface area contributed by atoms with Crippen LogP contribution in [0.2, 0.25) is 0 Å². The minimum Gasteiger partial charge on any atom is -0.133 e. The fourth-order valence-electron chi connectivity index (χ4n) is 4.17. The molecule has 3 aromatic heterocycles. The van der Waals surface area contributed by atoms with Crippen molar-refractivity contribution >= 4 is 73.0 Å². The van der Waals surface area contributed by atoms with E-state index in [0.29, 0.717) is 0 Å². The maximum Gasteiger partial charge on any atom is 0.0642 e. The van der Waals surface area contributed by atoms with Crippen LogP contribution in [-0.2, 0) is 6.42 Å². The quantitative estimate of drug-likeness (QED) is 0.229. The van der Waals surface area contributed by atoms with Gasteiger partial charge in [-0.15, -0.1) is 34.0 Å². The molecule has 5 rings (SSSR count). The van der Waals surface area contributed by atoms with E-state index >= 15 is 0 Å². The highest BCUT2D eigenvalue weighted by Crippen LogP contribution is 2.50. The molecular formula is C25H26S3. The Morgan fingerprint density at radius 3 is 2.04 bits per heavy atom. The van der Waals surface area contributed by atoms with Crippen molar-refractivity contribution in [1.82, 2.24) is 0 Å². The number of benzene rings is 2. The van der Waals surface area contributed by atoms with Gasteiger partial charge in [-0.25, -0.2) is 0 Å². The van der Waals surface area contributed by atoms with Crippen LogP contribution in [-0.4, -0.2) is 0 Å². The van der Waals surface area contributed by atoms with E-state index in [1.54, 1.807) is 0 Å². The summed E-state index contributed by atoms with van der Waals surface area (Å²) in [5, 5.41) is 2.90. The Labute approximate surface area is 178 Å². The van der Waals surface area contributed by atoms with E-state index in [0.717, 1.165) is 0 Å². The highest BCUT2D eigenvalue weighted by molar-refractivity contribution is 7.43. The Morgan fingerprint density at radius 1 is 0.643 bits per heavy atom. The molecule has 28 heavy (non-hydrogen) atoms. The van der Waals surface area contributed by atoms with Crippen molar-refractivity contribution in [2.24, 2.45) is 0 Å². The number of rotatable bonds is 7. The Balaban J connectivity index is 1.45. The summed E-state index contributed by atoms with van der Waals surface area (Å²) in [6.07, 6.45) is 9.46. The van der Waals surface area contributed by atoms with Gasteiger partial charge in [0.2, 0.25) is 0 Å². The van der Waals surface area contributed by atoms with Gasteiger partial charge >= 0.3 is 0 Å². The van der Waals surface area contributed by atoms with Gasteiger partial charge in [-0.1, -0.05) is 63.3 Å². The second-order valence-corrected chi connectivity index (χ2v) is 11.1. The van der Waals surface area contributed by atoms with E-state index in [2.05, 4.69) is 50.2 Å². The van der Waals surface area contributed by atoms with E-state index in [9.17, 15) is 0 Å². The van der Waals surface area contributed by atoms with Gasteiger partial charge in [0.05, 0.1) is 18.8 Å². The minimum atomic E-state index is 1.23. The maximum atomic E-state index is 2.46. The monoisotopic (exact) mass is 422 g/mol. The van der Waals surface area contributed by atoms with Crippen molar-refractivity contribution in [3.05, 3.63) is 47.5 Å². The Morgan fingerprint density at radius 2 is 1.29 bits per heavy atom. The first-order valence-corrected chi connectivity index (χ1v) is 13.0. The summed E-state index contributed by atoms with van der Waals surface area (Å²) in [6.45, 7) is 4.47. The Bertz CT molecular complexity index is 1270. The third-order valence-electron chi connectivity index (χ3n) is 5.74. The average Bonchev–Trinajstić information content (AvgIpc) is 3.32. The summed E-state index contributed by atoms with van der Waals surface area (Å²) < 4.78 is 8.89. The highest BCUT2D eigenvalue weighted by Gasteiger charge is 2.16. The maximum absolute atomic E-state index is 2.46. The molecule has 0 saturated carbocycles. The summed E-state index contributed by atoms with van der Waals surface area (Å²) in [5.41, 5.74) is 2.87. The zero-order valence-electron chi connectivity index (χ0n) is 16.6. The fraction of sp³-hybridized carbons (Fsp3) is 0.360. The lowest BCUT2D eigenvalue weighted by molar-refractivity contribution is 0.607. The zero-order valence-corrected chi connectivity index (χ0v) is 19.1. The molecule has 0 spiro atoms. The molecule has 144 valence electrons. The van der Waals surface area contributed by atoms with Crippen LogP contribution in [0.15, 0.2) is 36.4 Å². The first-order valence-electron chi connectivity index (χ1n) is 10.5. The molecular weight excluding hydrogens is 396 g/mol. The SMILES string of the molecule is CCCCCCCCc1ccc2c(c1)sc1c2sc2c3ccc(C)cc3sc21. The second-order valence-electron chi connectivity index (χ2n) is 7.97. The molecule has 0 saturated heterocycles. The molecule has 0 aliphatic rings. The molecule has 0 aliphatic carbocycles. The van der Waals surface area contributed by atoms with Crippen LogP contribution in [0.25, 0.3) is 39.0 Å². The van der Waals surface area contributed by atoms with E-state index in [1.807, 2.05) is 34.0 Å². The van der Waals surface area contributed by atoms with E-state index in [4.69, 9.17) is 0 Å². The first-order chi connectivity index (χ1) is 13.7. The van der Waals surface area contributed by atoms with Crippen LogP contribution in [0.1, 0.15) is 56.6 Å². The largest absolute Gasteiger partial charge is 0.133 e. The normalized spacial score (nSPS) is 12.2. The molecule has 0 aliphatic heterocycles. The molecule has 0 unspecified atom stereocenters. The summed E-state index contributed by atoms with van der Waals surface area (Å²) in [7, 11) is 0. The number of unbranched alkanes of at least 4 members (excludes halogenated alkanes) is 5. The molecule has 0 atom stereocenters. The van der Waals surface area contributed by atoms with Crippen molar-refractivity contribution in [3.8, 4) is 0 Å². The lowest BCUT2D eigenvalue weighted by Crippen LogP contribution is -1.85. The predicted molar refractivity (Wildman–Crippen MR) is 132 cm³/mol. The fourth-order valence-corrected chi connectivity index (χ4v) is 8.59. The second kappa shape index (κ2) is 7.78. The summed E-state index contributed by atoms with van der Waals surface area (Å²) in [5.74, 6) is 0. The summed E-state index contributed by atoms with van der Waals surface area (Å²) in [4.78, 5) is 0. The zero-order chi connectivity index (χ0) is 19.1. The lowest BCUT2D eigenvalue weighted by Gasteiger charge is -2.02. The molecule has 0 nitrogen and oxygen atoms in total. The van der Waals surface area contributed by atoms with Gasteiger partial charge < -0.3 is 0 Å². The van der Waals surface area contributed by atoms with Crippen LogP contribution >= 0.6 is 34.0 Å². The molecule has 2 aromatic carbocycles. The Hall–Kier alpha value is -1.42. The van der Waals surface area contributed by atoms with Gasteiger partial charge in [-0.05, 0) is 43.0 Å². The molecule has 5 aromatic rings. The predicted octanol–water partition coefficient (Wildman–Crippen LogP) is 9.70. The van der Waals surface area contributed by atoms with Gasteiger partial charge in [0.1, 0.15) is 0 Å². The van der Waals surface area contributed by atoms with Gasteiger partial charge in [0.15, 0.2) is 0 Å². The summed E-state index contributed by atoms with van der Waals surface area (Å²) in [6, 6.07) is 14.1. The van der Waals surface area contributed by atoms with Crippen molar-refractivity contribution in [2.75, 3.05) is 0 Å². The van der Waals surface area contributed by atoms with Crippen LogP contribution in [0.3, 0.4) is 0 Å². The van der Waals surface area contributed by atoms with E-state index in [1.165, 1.54) is 95.0 Å². The molecule has 0 N–H and O–H groups in total.